The second kappa shape index (κ2) is 3.08. The van der Waals surface area contributed by atoms with Crippen LogP contribution in [-0.2, 0) is 0 Å². The number of aliphatic imine (C=N–C) groups is 2. The van der Waals surface area contributed by atoms with Gasteiger partial charge in [-0.25, -0.2) is 4.99 Å². The highest BCUT2D eigenvalue weighted by molar-refractivity contribution is 5.30. The lowest BCUT2D eigenvalue weighted by Gasteiger charge is -1.80. The maximum atomic E-state index is 5.08. The molecule has 0 spiro atoms. The zero-order valence-electron chi connectivity index (χ0n) is 3.96. The summed E-state index contributed by atoms with van der Waals surface area (Å²) in [7, 11) is 0. The van der Waals surface area contributed by atoms with Crippen LogP contribution in [0.1, 0.15) is 0 Å². The summed E-state index contributed by atoms with van der Waals surface area (Å²) < 4.78 is 0. The molecule has 0 atom stereocenters. The van der Waals surface area contributed by atoms with Crippen LogP contribution in [0.5, 0.6) is 0 Å². The van der Waals surface area contributed by atoms with Gasteiger partial charge in [0.1, 0.15) is 5.82 Å². The van der Waals surface area contributed by atoms with E-state index in [-0.39, 0.29) is 5.82 Å². The molecule has 0 bridgehead atoms. The summed E-state index contributed by atoms with van der Waals surface area (Å²) in [5.74, 6) is 0.287. The van der Waals surface area contributed by atoms with Crippen molar-refractivity contribution in [3.63, 3.8) is 0 Å². The van der Waals surface area contributed by atoms with Gasteiger partial charge in [-0.1, -0.05) is 0 Å². The second-order valence-corrected chi connectivity index (χ2v) is 0.895. The summed E-state index contributed by atoms with van der Waals surface area (Å²) in [6.07, 6.45) is 1.33. The maximum Gasteiger partial charge on any atom is 0.141 e. The minimum Gasteiger partial charge on any atom is -0.382 e. The molecule has 0 heterocycles. The van der Waals surface area contributed by atoms with Crippen molar-refractivity contribution in [2.24, 2.45) is 15.7 Å². The van der Waals surface area contributed by atoms with Gasteiger partial charge in [0, 0.05) is 0 Å². The van der Waals surface area contributed by atoms with E-state index in [0.29, 0.717) is 0 Å². The van der Waals surface area contributed by atoms with Crippen molar-refractivity contribution in [2.75, 3.05) is 0 Å². The second-order valence-electron chi connectivity index (χ2n) is 0.895. The molecule has 0 fully saturated rings. The van der Waals surface area contributed by atoms with Gasteiger partial charge in [-0.15, -0.1) is 0 Å². The molecule has 38 valence electrons. The van der Waals surface area contributed by atoms with E-state index in [1.54, 1.807) is 0 Å². The molecule has 0 aromatic carbocycles. The Morgan fingerprint density at radius 2 is 2.14 bits per heavy atom. The molecular formula is C4H7N3. The van der Waals surface area contributed by atoms with E-state index in [2.05, 4.69) is 23.4 Å². The minimum atomic E-state index is 0.287. The lowest BCUT2D eigenvalue weighted by molar-refractivity contribution is 1.23. The molecule has 0 aromatic heterocycles. The Morgan fingerprint density at radius 3 is 2.29 bits per heavy atom. The van der Waals surface area contributed by atoms with Crippen LogP contribution < -0.4 is 5.73 Å². The first-order valence-corrected chi connectivity index (χ1v) is 1.69. The standard InChI is InChI=1S/C4H7N3/c1-6-3-4(5)7-2/h3H,1-2,5H2/b4-3-. The average molecular weight is 97.1 g/mol. The van der Waals surface area contributed by atoms with Gasteiger partial charge in [-0.3, -0.25) is 4.99 Å². The van der Waals surface area contributed by atoms with Gasteiger partial charge in [0.25, 0.3) is 0 Å². The molecule has 0 aromatic rings. The van der Waals surface area contributed by atoms with Crippen molar-refractivity contribution in [3.05, 3.63) is 12.0 Å². The number of nitrogens with two attached hydrogens (primary N) is 1. The van der Waals surface area contributed by atoms with Gasteiger partial charge < -0.3 is 5.73 Å². The van der Waals surface area contributed by atoms with Crippen molar-refractivity contribution < 1.29 is 0 Å². The van der Waals surface area contributed by atoms with Crippen LogP contribution in [0.2, 0.25) is 0 Å². The Hall–Kier alpha value is -1.12. The molecule has 3 nitrogen and oxygen atoms in total. The van der Waals surface area contributed by atoms with Crippen LogP contribution in [0, 0.1) is 0 Å². The molecule has 0 saturated heterocycles. The quantitative estimate of drug-likeness (QED) is 0.490. The molecule has 2 N–H and O–H groups in total. The normalized spacial score (nSPS) is 10.6. The number of hydrogen-bond donors (Lipinski definition) is 1. The van der Waals surface area contributed by atoms with E-state index in [1.165, 1.54) is 6.20 Å². The summed E-state index contributed by atoms with van der Waals surface area (Å²) in [5, 5.41) is 0. The molecule has 0 aliphatic heterocycles. The smallest absolute Gasteiger partial charge is 0.141 e. The highest BCUT2D eigenvalue weighted by Gasteiger charge is 1.71. The van der Waals surface area contributed by atoms with E-state index in [0.717, 1.165) is 0 Å². The Morgan fingerprint density at radius 1 is 1.57 bits per heavy atom. The lowest BCUT2D eigenvalue weighted by atomic mass is 10.8. The summed E-state index contributed by atoms with van der Waals surface area (Å²) >= 11 is 0. The monoisotopic (exact) mass is 97.1 g/mol. The molecule has 0 amide bonds. The summed E-state index contributed by atoms with van der Waals surface area (Å²) in [6, 6.07) is 0. The number of hydrogen-bond acceptors (Lipinski definition) is 3. The molecule has 0 aliphatic carbocycles. The molecule has 0 aliphatic rings. The van der Waals surface area contributed by atoms with E-state index in [4.69, 9.17) is 5.73 Å². The Kier molecular flexibility index (Phi) is 2.59. The molecule has 3 heteroatoms. The highest BCUT2D eigenvalue weighted by Crippen LogP contribution is 1.80. The fourth-order valence-electron chi connectivity index (χ4n) is 0.134. The van der Waals surface area contributed by atoms with Crippen molar-refractivity contribution in [2.45, 2.75) is 0 Å². The number of rotatable bonds is 2. The summed E-state index contributed by atoms with van der Waals surface area (Å²) in [5.41, 5.74) is 5.08. The number of nitrogens with zero attached hydrogens (tertiary/aromatic N) is 2. The van der Waals surface area contributed by atoms with Gasteiger partial charge in [-0.2, -0.15) is 0 Å². The summed E-state index contributed by atoms with van der Waals surface area (Å²) in [4.78, 5) is 6.67. The Labute approximate surface area is 42.3 Å². The fourth-order valence-corrected chi connectivity index (χ4v) is 0.134. The molecule has 0 rings (SSSR count). The minimum absolute atomic E-state index is 0.287. The van der Waals surface area contributed by atoms with Crippen molar-refractivity contribution >= 4 is 13.4 Å². The van der Waals surface area contributed by atoms with Crippen LogP contribution in [0.25, 0.3) is 0 Å². The molecule has 0 radical (unpaired) electrons. The maximum absolute atomic E-state index is 5.08. The third-order valence-corrected chi connectivity index (χ3v) is 0.406. The Bertz CT molecular complexity index is 104. The van der Waals surface area contributed by atoms with Gasteiger partial charge in [0.2, 0.25) is 0 Å². The van der Waals surface area contributed by atoms with Crippen LogP contribution in [0.3, 0.4) is 0 Å². The molecular weight excluding hydrogens is 90.1 g/mol. The van der Waals surface area contributed by atoms with Gasteiger partial charge in [-0.05, 0) is 13.4 Å². The van der Waals surface area contributed by atoms with E-state index < -0.39 is 0 Å². The van der Waals surface area contributed by atoms with Crippen molar-refractivity contribution in [3.8, 4) is 0 Å². The topological polar surface area (TPSA) is 50.7 Å². The third-order valence-electron chi connectivity index (χ3n) is 0.406. The van der Waals surface area contributed by atoms with E-state index >= 15 is 0 Å². The van der Waals surface area contributed by atoms with Gasteiger partial charge in [0.15, 0.2) is 0 Å². The predicted molar refractivity (Wildman–Crippen MR) is 31.4 cm³/mol. The fraction of sp³-hybridized carbons (Fsp3) is 0. The van der Waals surface area contributed by atoms with Crippen molar-refractivity contribution in [1.82, 2.24) is 0 Å². The molecule has 0 unspecified atom stereocenters. The highest BCUT2D eigenvalue weighted by atomic mass is 14.9. The van der Waals surface area contributed by atoms with Crippen LogP contribution in [-0.4, -0.2) is 13.4 Å². The summed E-state index contributed by atoms with van der Waals surface area (Å²) in [6.45, 7) is 6.30. The van der Waals surface area contributed by atoms with Crippen molar-refractivity contribution in [1.29, 1.82) is 0 Å². The molecule has 7 heavy (non-hydrogen) atoms. The first-order valence-electron chi connectivity index (χ1n) is 1.69. The first kappa shape index (κ1) is 5.88. The van der Waals surface area contributed by atoms with Crippen LogP contribution in [0.15, 0.2) is 22.0 Å². The van der Waals surface area contributed by atoms with Gasteiger partial charge >= 0.3 is 0 Å². The zero-order chi connectivity index (χ0) is 5.70. The van der Waals surface area contributed by atoms with E-state index in [9.17, 15) is 0 Å². The van der Waals surface area contributed by atoms with Crippen LogP contribution >= 0.6 is 0 Å². The zero-order valence-corrected chi connectivity index (χ0v) is 3.96. The average Bonchev–Trinajstić information content (AvgIpc) is 1.68. The van der Waals surface area contributed by atoms with Crippen LogP contribution in [0.4, 0.5) is 0 Å². The third kappa shape index (κ3) is 2.69. The molecule has 0 saturated carbocycles. The van der Waals surface area contributed by atoms with Gasteiger partial charge in [0.05, 0.1) is 6.20 Å². The Balaban J connectivity index is 3.72. The predicted octanol–water partition coefficient (Wildman–Crippen LogP) is 0.145. The van der Waals surface area contributed by atoms with E-state index in [1.807, 2.05) is 0 Å². The largest absolute Gasteiger partial charge is 0.382 e. The first-order chi connectivity index (χ1) is 3.31. The SMILES string of the molecule is C=N/C=C(/N)N=C. The lowest BCUT2D eigenvalue weighted by Crippen LogP contribution is -1.89.